The molecule has 0 atom stereocenters. The fraction of sp³-hybridized carbons (Fsp3) is 0.444. The molecule has 0 radical (unpaired) electrons. The third kappa shape index (κ3) is 4.71. The van der Waals surface area contributed by atoms with Crippen LogP contribution >= 0.6 is 0 Å². The number of ketones is 1. The van der Waals surface area contributed by atoms with Crippen molar-refractivity contribution in [3.63, 3.8) is 0 Å². The van der Waals surface area contributed by atoms with Gasteiger partial charge >= 0.3 is 0 Å². The summed E-state index contributed by atoms with van der Waals surface area (Å²) in [6.07, 6.45) is 7.06. The molecule has 0 saturated carbocycles. The van der Waals surface area contributed by atoms with Gasteiger partial charge in [0.2, 0.25) is 0 Å². The molecule has 1 spiro atoms. The first-order valence-electron chi connectivity index (χ1n) is 12.1. The summed E-state index contributed by atoms with van der Waals surface area (Å²) in [5.41, 5.74) is 3.61. The Morgan fingerprint density at radius 3 is 2.48 bits per heavy atom. The van der Waals surface area contributed by atoms with Gasteiger partial charge in [-0.1, -0.05) is 13.0 Å². The SMILES string of the molecule is CCCC(=O)c1ccc2c(c1)C(c1ccc(C(=O)N(CC)CC)nc1)=CC1(CCNCC1)O2. The molecule has 1 N–H and O–H groups in total. The van der Waals surface area contributed by atoms with Gasteiger partial charge in [-0.25, -0.2) is 0 Å². The number of pyridine rings is 1. The van der Waals surface area contributed by atoms with E-state index in [9.17, 15) is 9.59 Å². The summed E-state index contributed by atoms with van der Waals surface area (Å²) >= 11 is 0. The zero-order valence-corrected chi connectivity index (χ0v) is 19.8. The van der Waals surface area contributed by atoms with E-state index in [1.165, 1.54) is 0 Å². The van der Waals surface area contributed by atoms with Gasteiger partial charge < -0.3 is 15.0 Å². The van der Waals surface area contributed by atoms with E-state index in [0.717, 1.165) is 54.8 Å². The molecule has 1 aromatic carbocycles. The lowest BCUT2D eigenvalue weighted by molar-refractivity contribution is 0.0766. The number of carbonyl (C=O) groups excluding carboxylic acids is 2. The van der Waals surface area contributed by atoms with Crippen LogP contribution in [-0.2, 0) is 0 Å². The molecule has 33 heavy (non-hydrogen) atoms. The van der Waals surface area contributed by atoms with E-state index < -0.39 is 0 Å². The third-order valence-electron chi connectivity index (χ3n) is 6.58. The van der Waals surface area contributed by atoms with Crippen LogP contribution in [0.25, 0.3) is 5.57 Å². The number of carbonyl (C=O) groups is 2. The molecule has 0 aliphatic carbocycles. The molecule has 174 valence electrons. The van der Waals surface area contributed by atoms with Gasteiger partial charge in [0.25, 0.3) is 5.91 Å². The minimum absolute atomic E-state index is 0.0600. The Morgan fingerprint density at radius 1 is 1.09 bits per heavy atom. The fourth-order valence-electron chi connectivity index (χ4n) is 4.65. The summed E-state index contributed by atoms with van der Waals surface area (Å²) in [5, 5.41) is 3.41. The van der Waals surface area contributed by atoms with Crippen molar-refractivity contribution in [2.75, 3.05) is 26.2 Å². The first-order chi connectivity index (χ1) is 16.0. The zero-order valence-electron chi connectivity index (χ0n) is 19.8. The van der Waals surface area contributed by atoms with Crippen molar-refractivity contribution >= 4 is 17.3 Å². The lowest BCUT2D eigenvalue weighted by Crippen LogP contribution is -2.46. The van der Waals surface area contributed by atoms with E-state index in [1.54, 1.807) is 17.2 Å². The number of ether oxygens (including phenoxy) is 1. The normalized spacial score (nSPS) is 16.5. The second kappa shape index (κ2) is 9.87. The first kappa shape index (κ1) is 23.2. The van der Waals surface area contributed by atoms with E-state index in [-0.39, 0.29) is 17.3 Å². The third-order valence-corrected chi connectivity index (χ3v) is 6.58. The second-order valence-corrected chi connectivity index (χ2v) is 8.77. The van der Waals surface area contributed by atoms with Crippen molar-refractivity contribution in [2.24, 2.45) is 0 Å². The molecule has 1 aromatic heterocycles. The summed E-state index contributed by atoms with van der Waals surface area (Å²) in [6.45, 7) is 9.03. The highest BCUT2D eigenvalue weighted by atomic mass is 16.5. The van der Waals surface area contributed by atoms with E-state index in [4.69, 9.17) is 4.74 Å². The van der Waals surface area contributed by atoms with Crippen LogP contribution < -0.4 is 10.1 Å². The molecule has 1 amide bonds. The highest BCUT2D eigenvalue weighted by molar-refractivity contribution is 5.98. The smallest absolute Gasteiger partial charge is 0.272 e. The Kier molecular flexibility index (Phi) is 6.94. The molecule has 6 heteroatoms. The average Bonchev–Trinajstić information content (AvgIpc) is 2.84. The summed E-state index contributed by atoms with van der Waals surface area (Å²) in [6, 6.07) is 9.51. The number of rotatable bonds is 7. The minimum atomic E-state index is -0.377. The minimum Gasteiger partial charge on any atom is -0.482 e. The highest BCUT2D eigenvalue weighted by Gasteiger charge is 2.37. The predicted octanol–water partition coefficient (Wildman–Crippen LogP) is 4.49. The molecule has 0 bridgehead atoms. The topological polar surface area (TPSA) is 71.5 Å². The van der Waals surface area contributed by atoms with Gasteiger partial charge in [-0.2, -0.15) is 0 Å². The van der Waals surface area contributed by atoms with Crippen molar-refractivity contribution in [2.45, 2.75) is 52.1 Å². The summed E-state index contributed by atoms with van der Waals surface area (Å²) < 4.78 is 6.52. The van der Waals surface area contributed by atoms with E-state index in [2.05, 4.69) is 16.4 Å². The Morgan fingerprint density at radius 2 is 1.85 bits per heavy atom. The summed E-state index contributed by atoms with van der Waals surface area (Å²) in [4.78, 5) is 31.6. The Balaban J connectivity index is 1.75. The fourth-order valence-corrected chi connectivity index (χ4v) is 4.65. The molecular formula is C27H33N3O3. The number of piperidine rings is 1. The first-order valence-corrected chi connectivity index (χ1v) is 12.1. The van der Waals surface area contributed by atoms with Crippen molar-refractivity contribution in [3.8, 4) is 5.75 Å². The van der Waals surface area contributed by atoms with Gasteiger partial charge in [0.05, 0.1) is 0 Å². The van der Waals surface area contributed by atoms with Gasteiger partial charge in [0, 0.05) is 55.2 Å². The molecule has 6 nitrogen and oxygen atoms in total. The largest absolute Gasteiger partial charge is 0.482 e. The molecule has 3 heterocycles. The van der Waals surface area contributed by atoms with Gasteiger partial charge in [-0.3, -0.25) is 14.6 Å². The molecule has 4 rings (SSSR count). The Labute approximate surface area is 196 Å². The van der Waals surface area contributed by atoms with Crippen molar-refractivity contribution in [1.82, 2.24) is 15.2 Å². The summed E-state index contributed by atoms with van der Waals surface area (Å²) in [5.74, 6) is 0.876. The van der Waals surface area contributed by atoms with Crippen LogP contribution in [0.15, 0.2) is 42.6 Å². The zero-order chi connectivity index (χ0) is 23.4. The number of nitrogens with one attached hydrogen (secondary N) is 1. The number of amides is 1. The molecule has 1 fully saturated rings. The number of fused-ring (bicyclic) bond motifs is 1. The van der Waals surface area contributed by atoms with E-state index >= 15 is 0 Å². The van der Waals surface area contributed by atoms with Gasteiger partial charge in [0.15, 0.2) is 5.78 Å². The molecule has 2 aliphatic heterocycles. The van der Waals surface area contributed by atoms with Crippen molar-refractivity contribution in [3.05, 3.63) is 65.0 Å². The quantitative estimate of drug-likeness (QED) is 0.633. The average molecular weight is 448 g/mol. The molecule has 0 unspecified atom stereocenters. The monoisotopic (exact) mass is 447 g/mol. The number of hydrogen-bond donors (Lipinski definition) is 1. The Bertz CT molecular complexity index is 1050. The van der Waals surface area contributed by atoms with Gasteiger partial charge in [-0.05, 0) is 69.3 Å². The molecule has 2 aliphatic rings. The van der Waals surface area contributed by atoms with Gasteiger partial charge in [-0.15, -0.1) is 0 Å². The standard InChI is InChI=1S/C27H33N3O3/c1-4-7-24(31)19-9-11-25-21(16-19)22(17-27(33-25)12-14-28-15-13-27)20-8-10-23(29-18-20)26(32)30(5-2)6-3/h8-11,16-18,28H,4-7,12-15H2,1-3H3. The number of nitrogens with zero attached hydrogens (tertiary/aromatic N) is 2. The molecule has 1 saturated heterocycles. The predicted molar refractivity (Wildman–Crippen MR) is 130 cm³/mol. The number of aromatic nitrogens is 1. The van der Waals surface area contributed by atoms with Crippen LogP contribution in [0, 0.1) is 0 Å². The number of Topliss-reactive ketones (excluding diaryl/α,β-unsaturated/α-hetero) is 1. The summed E-state index contributed by atoms with van der Waals surface area (Å²) in [7, 11) is 0. The lowest BCUT2D eigenvalue weighted by atomic mass is 9.83. The van der Waals surface area contributed by atoms with Crippen LogP contribution in [-0.4, -0.2) is 53.4 Å². The van der Waals surface area contributed by atoms with Crippen LogP contribution in [0.2, 0.25) is 0 Å². The number of benzene rings is 1. The maximum Gasteiger partial charge on any atom is 0.272 e. The van der Waals surface area contributed by atoms with Crippen LogP contribution in [0.1, 0.15) is 78.4 Å². The number of hydrogen-bond acceptors (Lipinski definition) is 5. The van der Waals surface area contributed by atoms with Crippen LogP contribution in [0.3, 0.4) is 0 Å². The molecule has 2 aromatic rings. The van der Waals surface area contributed by atoms with Crippen LogP contribution in [0.5, 0.6) is 5.75 Å². The van der Waals surface area contributed by atoms with Crippen molar-refractivity contribution < 1.29 is 14.3 Å². The highest BCUT2D eigenvalue weighted by Crippen LogP contribution is 2.43. The lowest BCUT2D eigenvalue weighted by Gasteiger charge is -2.40. The Hall–Kier alpha value is -2.99. The van der Waals surface area contributed by atoms with Crippen molar-refractivity contribution in [1.29, 1.82) is 0 Å². The maximum atomic E-state index is 12.7. The maximum absolute atomic E-state index is 12.7. The second-order valence-electron chi connectivity index (χ2n) is 8.77. The van der Waals surface area contributed by atoms with Crippen LogP contribution in [0.4, 0.5) is 0 Å². The molecular weight excluding hydrogens is 414 g/mol. The van der Waals surface area contributed by atoms with E-state index in [1.807, 2.05) is 45.0 Å². The van der Waals surface area contributed by atoms with Gasteiger partial charge in [0.1, 0.15) is 17.0 Å². The van der Waals surface area contributed by atoms with E-state index in [0.29, 0.717) is 30.8 Å².